The van der Waals surface area contributed by atoms with Crippen LogP contribution in [-0.4, -0.2) is 15.1 Å². The highest BCUT2D eigenvalue weighted by Crippen LogP contribution is 2.41. The van der Waals surface area contributed by atoms with Crippen LogP contribution >= 0.6 is 0 Å². The van der Waals surface area contributed by atoms with Crippen LogP contribution in [0.4, 0.5) is 0 Å². The van der Waals surface area contributed by atoms with E-state index >= 15 is 0 Å². The Morgan fingerprint density at radius 2 is 1.41 bits per heavy atom. The van der Waals surface area contributed by atoms with Gasteiger partial charge in [-0.25, -0.2) is 0 Å². The SMILES string of the molecule is C=C1c2c(CC)cc(=O)[nH]c2C(O)c2[nH]c(=O)cc(CC)c21. The number of aromatic amines is 2. The minimum atomic E-state index is -1.06. The molecule has 0 bridgehead atoms. The lowest BCUT2D eigenvalue weighted by Gasteiger charge is -2.28. The fraction of sp³-hybridized carbons (Fsp3) is 0.294. The van der Waals surface area contributed by atoms with Crippen LogP contribution in [-0.2, 0) is 12.8 Å². The van der Waals surface area contributed by atoms with E-state index in [1.165, 1.54) is 0 Å². The Bertz CT molecular complexity index is 818. The second-order valence-electron chi connectivity index (χ2n) is 5.48. The summed E-state index contributed by atoms with van der Waals surface area (Å²) in [6.45, 7) is 8.07. The molecule has 2 aromatic heterocycles. The Hall–Kier alpha value is -2.40. The van der Waals surface area contributed by atoms with Gasteiger partial charge >= 0.3 is 0 Å². The molecule has 22 heavy (non-hydrogen) atoms. The van der Waals surface area contributed by atoms with E-state index in [4.69, 9.17) is 0 Å². The number of aryl methyl sites for hydroxylation is 2. The first-order valence-electron chi connectivity index (χ1n) is 7.37. The quantitative estimate of drug-likeness (QED) is 0.788. The Morgan fingerprint density at radius 1 is 1.00 bits per heavy atom. The number of aliphatic hydroxyl groups is 1. The molecule has 0 amide bonds. The van der Waals surface area contributed by atoms with E-state index < -0.39 is 6.10 Å². The van der Waals surface area contributed by atoms with Crippen molar-refractivity contribution in [1.29, 1.82) is 0 Å². The number of aromatic nitrogens is 2. The fourth-order valence-corrected chi connectivity index (χ4v) is 3.22. The number of hydrogen-bond donors (Lipinski definition) is 3. The largest absolute Gasteiger partial charge is 0.381 e. The number of nitrogens with one attached hydrogen (secondary N) is 2. The van der Waals surface area contributed by atoms with Gasteiger partial charge < -0.3 is 15.1 Å². The first-order valence-corrected chi connectivity index (χ1v) is 7.37. The van der Waals surface area contributed by atoms with Crippen molar-refractivity contribution in [3.8, 4) is 0 Å². The van der Waals surface area contributed by atoms with Gasteiger partial charge in [0.15, 0.2) is 0 Å². The van der Waals surface area contributed by atoms with Gasteiger partial charge in [0, 0.05) is 23.3 Å². The molecule has 3 rings (SSSR count). The van der Waals surface area contributed by atoms with E-state index in [1.54, 1.807) is 12.1 Å². The fourth-order valence-electron chi connectivity index (χ4n) is 3.22. The van der Waals surface area contributed by atoms with Crippen LogP contribution < -0.4 is 11.1 Å². The van der Waals surface area contributed by atoms with Gasteiger partial charge in [-0.1, -0.05) is 20.4 Å². The highest BCUT2D eigenvalue weighted by Gasteiger charge is 2.31. The van der Waals surface area contributed by atoms with Crippen LogP contribution in [0.1, 0.15) is 53.6 Å². The molecular weight excluding hydrogens is 280 g/mol. The molecule has 0 saturated heterocycles. The number of hydrogen-bond acceptors (Lipinski definition) is 3. The molecule has 114 valence electrons. The molecule has 0 spiro atoms. The standard InChI is InChI=1S/C17H18N2O3/c1-4-9-6-11(20)18-15-13(9)8(3)14-10(5-2)7-12(21)19-16(14)17(15)22/h6-7,17,22H,3-5H2,1-2H3,(H,18,20)(H,19,21). The lowest BCUT2D eigenvalue weighted by molar-refractivity contribution is 0.207. The van der Waals surface area contributed by atoms with Gasteiger partial charge in [0.05, 0.1) is 11.4 Å². The first kappa shape index (κ1) is 14.5. The van der Waals surface area contributed by atoms with Crippen LogP contribution in [0.3, 0.4) is 0 Å². The third-order valence-electron chi connectivity index (χ3n) is 4.22. The van der Waals surface area contributed by atoms with Crippen LogP contribution in [0.25, 0.3) is 5.57 Å². The third kappa shape index (κ3) is 1.97. The van der Waals surface area contributed by atoms with E-state index in [0.29, 0.717) is 24.2 Å². The van der Waals surface area contributed by atoms with E-state index in [2.05, 4.69) is 16.5 Å². The van der Waals surface area contributed by atoms with Crippen molar-refractivity contribution in [3.05, 3.63) is 73.1 Å². The van der Waals surface area contributed by atoms with E-state index in [0.717, 1.165) is 27.8 Å². The molecule has 0 saturated carbocycles. The number of aliphatic hydroxyl groups excluding tert-OH is 1. The Balaban J connectivity index is 2.40. The monoisotopic (exact) mass is 298 g/mol. The summed E-state index contributed by atoms with van der Waals surface area (Å²) in [5.41, 5.74) is 4.28. The summed E-state index contributed by atoms with van der Waals surface area (Å²) in [6, 6.07) is 3.08. The van der Waals surface area contributed by atoms with Gasteiger partial charge in [-0.2, -0.15) is 0 Å². The number of pyridine rings is 2. The van der Waals surface area contributed by atoms with E-state index in [-0.39, 0.29) is 11.1 Å². The maximum atomic E-state index is 11.8. The molecule has 0 fully saturated rings. The first-order chi connectivity index (χ1) is 10.5. The molecule has 1 aliphatic rings. The zero-order valence-corrected chi connectivity index (χ0v) is 12.6. The molecule has 0 aliphatic heterocycles. The van der Waals surface area contributed by atoms with E-state index in [9.17, 15) is 14.7 Å². The third-order valence-corrected chi connectivity index (χ3v) is 4.22. The predicted molar refractivity (Wildman–Crippen MR) is 85.1 cm³/mol. The van der Waals surface area contributed by atoms with Crippen molar-refractivity contribution in [3.63, 3.8) is 0 Å². The molecule has 0 atom stereocenters. The smallest absolute Gasteiger partial charge is 0.248 e. The van der Waals surface area contributed by atoms with Gasteiger partial charge in [0.2, 0.25) is 11.1 Å². The summed E-state index contributed by atoms with van der Waals surface area (Å²) < 4.78 is 0. The Labute approximate surface area is 127 Å². The van der Waals surface area contributed by atoms with Gasteiger partial charge in [-0.3, -0.25) is 9.59 Å². The molecule has 2 aromatic rings. The molecule has 5 nitrogen and oxygen atoms in total. The second kappa shape index (κ2) is 5.10. The number of rotatable bonds is 2. The van der Waals surface area contributed by atoms with Crippen molar-refractivity contribution >= 4 is 5.57 Å². The highest BCUT2D eigenvalue weighted by atomic mass is 16.3. The van der Waals surface area contributed by atoms with Crippen LogP contribution in [0, 0.1) is 0 Å². The molecule has 2 heterocycles. The molecule has 0 unspecified atom stereocenters. The minimum Gasteiger partial charge on any atom is -0.381 e. The summed E-state index contributed by atoms with van der Waals surface area (Å²) in [5, 5.41) is 10.6. The summed E-state index contributed by atoms with van der Waals surface area (Å²) in [5.74, 6) is 0. The van der Waals surface area contributed by atoms with Gasteiger partial charge in [-0.15, -0.1) is 0 Å². The summed E-state index contributed by atoms with van der Waals surface area (Å²) in [4.78, 5) is 29.0. The molecule has 0 aromatic carbocycles. The molecule has 0 radical (unpaired) electrons. The van der Waals surface area contributed by atoms with Crippen LogP contribution in [0.15, 0.2) is 28.3 Å². The number of fused-ring (bicyclic) bond motifs is 2. The average molecular weight is 298 g/mol. The van der Waals surface area contributed by atoms with Crippen molar-refractivity contribution in [2.45, 2.75) is 32.8 Å². The van der Waals surface area contributed by atoms with Crippen LogP contribution in [0.2, 0.25) is 0 Å². The minimum absolute atomic E-state index is 0.264. The Morgan fingerprint density at radius 3 is 1.77 bits per heavy atom. The van der Waals surface area contributed by atoms with Crippen LogP contribution in [0.5, 0.6) is 0 Å². The molecule has 3 N–H and O–H groups in total. The molecule has 5 heteroatoms. The highest BCUT2D eigenvalue weighted by molar-refractivity contribution is 5.86. The van der Waals surface area contributed by atoms with Gasteiger partial charge in [0.1, 0.15) is 6.10 Å². The normalized spacial score (nSPS) is 13.9. The maximum Gasteiger partial charge on any atom is 0.248 e. The summed E-state index contributed by atoms with van der Waals surface area (Å²) in [7, 11) is 0. The maximum absolute atomic E-state index is 11.8. The predicted octanol–water partition coefficient (Wildman–Crippen LogP) is 1.64. The lowest BCUT2D eigenvalue weighted by atomic mass is 9.81. The van der Waals surface area contributed by atoms with Gasteiger partial charge in [0.25, 0.3) is 0 Å². The summed E-state index contributed by atoms with van der Waals surface area (Å²) >= 11 is 0. The lowest BCUT2D eigenvalue weighted by Crippen LogP contribution is -2.26. The van der Waals surface area contributed by atoms with Crippen molar-refractivity contribution in [2.75, 3.05) is 0 Å². The van der Waals surface area contributed by atoms with Crippen molar-refractivity contribution < 1.29 is 5.11 Å². The topological polar surface area (TPSA) is 85.9 Å². The zero-order valence-electron chi connectivity index (χ0n) is 12.6. The van der Waals surface area contributed by atoms with Crippen molar-refractivity contribution in [2.24, 2.45) is 0 Å². The van der Waals surface area contributed by atoms with Gasteiger partial charge in [-0.05, 0) is 29.5 Å². The van der Waals surface area contributed by atoms with Crippen molar-refractivity contribution in [1.82, 2.24) is 9.97 Å². The average Bonchev–Trinajstić information content (AvgIpc) is 2.50. The summed E-state index contributed by atoms with van der Waals surface area (Å²) in [6.07, 6.45) is 0.268. The van der Waals surface area contributed by atoms with E-state index in [1.807, 2.05) is 13.8 Å². The number of H-pyrrole nitrogens is 2. The Kier molecular flexibility index (Phi) is 3.37. The second-order valence-corrected chi connectivity index (χ2v) is 5.48. The molecular formula is C17H18N2O3. The molecule has 1 aliphatic carbocycles. The zero-order chi connectivity index (χ0) is 16.0.